The maximum absolute atomic E-state index is 11.6. The monoisotopic (exact) mass is 297 g/mol. The second-order valence-electron chi connectivity index (χ2n) is 4.51. The normalized spacial score (nSPS) is 15.5. The molecule has 0 bridgehead atoms. The number of pyridine rings is 1. The predicted octanol–water partition coefficient (Wildman–Crippen LogP) is 1.29. The summed E-state index contributed by atoms with van der Waals surface area (Å²) in [7, 11) is 3.58. The third-order valence-corrected chi connectivity index (χ3v) is 3.38. The van der Waals surface area contributed by atoms with Crippen LogP contribution in [0.15, 0.2) is 16.7 Å². The molecule has 2 heterocycles. The van der Waals surface area contributed by atoms with E-state index in [1.54, 1.807) is 19.0 Å². The number of fused-ring (bicyclic) bond motifs is 1. The molecule has 0 aromatic carbocycles. The van der Waals surface area contributed by atoms with E-state index in [4.69, 9.17) is 0 Å². The van der Waals surface area contributed by atoms with E-state index < -0.39 is 0 Å². The third kappa shape index (κ3) is 3.04. The summed E-state index contributed by atoms with van der Waals surface area (Å²) < 4.78 is 0.997. The molecule has 0 fully saturated rings. The lowest BCUT2D eigenvalue weighted by molar-refractivity contribution is -0.130. The number of hydrogen-bond acceptors (Lipinski definition) is 3. The fraction of sp³-hybridized carbons (Fsp3) is 0.500. The number of amides is 1. The van der Waals surface area contributed by atoms with Crippen molar-refractivity contribution in [1.82, 2.24) is 14.8 Å². The molecule has 0 radical (unpaired) electrons. The molecule has 17 heavy (non-hydrogen) atoms. The van der Waals surface area contributed by atoms with Crippen molar-refractivity contribution in [2.24, 2.45) is 0 Å². The summed E-state index contributed by atoms with van der Waals surface area (Å²) in [5, 5.41) is 0. The first-order valence-corrected chi connectivity index (χ1v) is 6.41. The third-order valence-electron chi connectivity index (χ3n) is 2.94. The van der Waals surface area contributed by atoms with Gasteiger partial charge < -0.3 is 4.90 Å². The Balaban J connectivity index is 2.05. The molecule has 0 atom stereocenters. The van der Waals surface area contributed by atoms with Gasteiger partial charge in [0.25, 0.3) is 0 Å². The highest BCUT2D eigenvalue weighted by molar-refractivity contribution is 9.10. The summed E-state index contributed by atoms with van der Waals surface area (Å²) in [5.41, 5.74) is 2.37. The van der Waals surface area contributed by atoms with Gasteiger partial charge in [-0.1, -0.05) is 0 Å². The van der Waals surface area contributed by atoms with Gasteiger partial charge in [-0.25, -0.2) is 0 Å². The largest absolute Gasteiger partial charge is 0.348 e. The number of carbonyl (C=O) groups excluding carboxylic acids is 1. The van der Waals surface area contributed by atoms with Crippen LogP contribution in [-0.4, -0.2) is 47.9 Å². The lowest BCUT2D eigenvalue weighted by atomic mass is 10.1. The van der Waals surface area contributed by atoms with Crippen molar-refractivity contribution in [2.45, 2.75) is 13.0 Å². The molecule has 1 amide bonds. The van der Waals surface area contributed by atoms with Crippen molar-refractivity contribution in [3.8, 4) is 0 Å². The molecule has 0 saturated carbocycles. The second-order valence-corrected chi connectivity index (χ2v) is 5.42. The molecule has 1 aromatic heterocycles. The Morgan fingerprint density at radius 2 is 2.35 bits per heavy atom. The summed E-state index contributed by atoms with van der Waals surface area (Å²) in [4.78, 5) is 19.8. The quantitative estimate of drug-likeness (QED) is 0.825. The molecule has 0 N–H and O–H groups in total. The molecule has 2 rings (SSSR count). The van der Waals surface area contributed by atoms with E-state index >= 15 is 0 Å². The molecule has 1 aliphatic heterocycles. The molecule has 1 aliphatic rings. The molecular formula is C12H16BrN3O. The number of carbonyl (C=O) groups is 1. The number of nitrogens with zero attached hydrogens (tertiary/aromatic N) is 3. The Morgan fingerprint density at radius 1 is 1.59 bits per heavy atom. The number of likely N-dealkylation sites (N-methyl/N-ethyl adjacent to an activating group) is 1. The Bertz CT molecular complexity index is 434. The second kappa shape index (κ2) is 5.14. The summed E-state index contributed by atoms with van der Waals surface area (Å²) in [5.74, 6) is 0.149. The maximum Gasteiger partial charge on any atom is 0.236 e. The van der Waals surface area contributed by atoms with Gasteiger partial charge >= 0.3 is 0 Å². The highest BCUT2D eigenvalue weighted by Crippen LogP contribution is 2.20. The maximum atomic E-state index is 11.6. The topological polar surface area (TPSA) is 36.4 Å². The SMILES string of the molecule is CN(C)C(=O)CN1CCc2ncc(Br)cc2C1. The van der Waals surface area contributed by atoms with E-state index in [0.29, 0.717) is 6.54 Å². The summed E-state index contributed by atoms with van der Waals surface area (Å²) in [6.45, 7) is 2.20. The number of aromatic nitrogens is 1. The van der Waals surface area contributed by atoms with Crippen LogP contribution in [0.3, 0.4) is 0 Å². The van der Waals surface area contributed by atoms with Gasteiger partial charge in [-0.05, 0) is 27.6 Å². The van der Waals surface area contributed by atoms with Crippen LogP contribution >= 0.6 is 15.9 Å². The highest BCUT2D eigenvalue weighted by atomic mass is 79.9. The zero-order valence-electron chi connectivity index (χ0n) is 10.1. The molecule has 92 valence electrons. The number of hydrogen-bond donors (Lipinski definition) is 0. The molecule has 0 spiro atoms. The van der Waals surface area contributed by atoms with E-state index in [9.17, 15) is 4.79 Å². The fourth-order valence-corrected chi connectivity index (χ4v) is 2.30. The van der Waals surface area contributed by atoms with Crippen molar-refractivity contribution in [1.29, 1.82) is 0 Å². The summed E-state index contributed by atoms with van der Waals surface area (Å²) >= 11 is 3.43. The Labute approximate surface area is 110 Å². The van der Waals surface area contributed by atoms with E-state index in [1.165, 1.54) is 5.56 Å². The van der Waals surface area contributed by atoms with Crippen molar-refractivity contribution in [2.75, 3.05) is 27.2 Å². The van der Waals surface area contributed by atoms with E-state index in [0.717, 1.165) is 29.7 Å². The van der Waals surface area contributed by atoms with Crippen LogP contribution in [0.1, 0.15) is 11.3 Å². The molecule has 4 nitrogen and oxygen atoms in total. The molecule has 0 unspecified atom stereocenters. The zero-order valence-corrected chi connectivity index (χ0v) is 11.7. The minimum Gasteiger partial charge on any atom is -0.348 e. The van der Waals surface area contributed by atoms with Crippen LogP contribution < -0.4 is 0 Å². The predicted molar refractivity (Wildman–Crippen MR) is 69.6 cm³/mol. The van der Waals surface area contributed by atoms with Gasteiger partial charge in [-0.3, -0.25) is 14.7 Å². The van der Waals surface area contributed by atoms with Gasteiger partial charge in [-0.2, -0.15) is 0 Å². The summed E-state index contributed by atoms with van der Waals surface area (Å²) in [6, 6.07) is 2.09. The Hall–Kier alpha value is -0.940. The lowest BCUT2D eigenvalue weighted by Gasteiger charge is -2.28. The van der Waals surface area contributed by atoms with Crippen LogP contribution in [-0.2, 0) is 17.8 Å². The minimum atomic E-state index is 0.149. The van der Waals surface area contributed by atoms with Gasteiger partial charge in [0.2, 0.25) is 5.91 Å². The van der Waals surface area contributed by atoms with Gasteiger partial charge in [0.05, 0.1) is 6.54 Å². The van der Waals surface area contributed by atoms with Gasteiger partial charge in [0.1, 0.15) is 0 Å². The van der Waals surface area contributed by atoms with Crippen LogP contribution in [0.4, 0.5) is 0 Å². The van der Waals surface area contributed by atoms with Crippen molar-refractivity contribution in [3.63, 3.8) is 0 Å². The smallest absolute Gasteiger partial charge is 0.236 e. The van der Waals surface area contributed by atoms with Crippen LogP contribution in [0.5, 0.6) is 0 Å². The minimum absolute atomic E-state index is 0.149. The van der Waals surface area contributed by atoms with Crippen LogP contribution in [0.2, 0.25) is 0 Å². The van der Waals surface area contributed by atoms with Crippen molar-refractivity contribution < 1.29 is 4.79 Å². The Morgan fingerprint density at radius 3 is 3.06 bits per heavy atom. The first-order valence-electron chi connectivity index (χ1n) is 5.62. The van der Waals surface area contributed by atoms with E-state index in [1.807, 2.05) is 6.20 Å². The molecule has 0 saturated heterocycles. The van der Waals surface area contributed by atoms with Gasteiger partial charge in [-0.15, -0.1) is 0 Å². The van der Waals surface area contributed by atoms with Gasteiger partial charge in [0, 0.05) is 50.0 Å². The number of halogens is 1. The average molecular weight is 298 g/mol. The van der Waals surface area contributed by atoms with Crippen molar-refractivity contribution in [3.05, 3.63) is 28.0 Å². The number of rotatable bonds is 2. The lowest BCUT2D eigenvalue weighted by Crippen LogP contribution is -2.39. The molecule has 0 aliphatic carbocycles. The van der Waals surface area contributed by atoms with E-state index in [-0.39, 0.29) is 5.91 Å². The Kier molecular flexibility index (Phi) is 3.79. The molecule has 1 aromatic rings. The standard InChI is InChI=1S/C12H16BrN3O/c1-15(2)12(17)8-16-4-3-11-9(7-16)5-10(13)6-14-11/h5-6H,3-4,7-8H2,1-2H3. The zero-order chi connectivity index (χ0) is 12.4. The van der Waals surface area contributed by atoms with Crippen LogP contribution in [0.25, 0.3) is 0 Å². The average Bonchev–Trinajstić information content (AvgIpc) is 2.28. The van der Waals surface area contributed by atoms with E-state index in [2.05, 4.69) is 31.9 Å². The van der Waals surface area contributed by atoms with Crippen LogP contribution in [0, 0.1) is 0 Å². The summed E-state index contributed by atoms with van der Waals surface area (Å²) in [6.07, 6.45) is 2.75. The van der Waals surface area contributed by atoms with Gasteiger partial charge in [0.15, 0.2) is 0 Å². The van der Waals surface area contributed by atoms with Crippen molar-refractivity contribution >= 4 is 21.8 Å². The molecule has 5 heteroatoms. The first-order chi connectivity index (χ1) is 8.06. The fourth-order valence-electron chi connectivity index (χ4n) is 1.92. The first kappa shape index (κ1) is 12.5. The highest BCUT2D eigenvalue weighted by Gasteiger charge is 2.19. The molecular weight excluding hydrogens is 282 g/mol.